The first-order valence-corrected chi connectivity index (χ1v) is 32.3. The van der Waals surface area contributed by atoms with Crippen LogP contribution in [0.5, 0.6) is 0 Å². The van der Waals surface area contributed by atoms with E-state index in [1.165, 1.54) is 50.5 Å². The van der Waals surface area contributed by atoms with Crippen molar-refractivity contribution < 1.29 is 81.6 Å². The Bertz CT molecular complexity index is 2900. The molecule has 1 fully saturated rings. The molecule has 2 aromatic rings. The van der Waals surface area contributed by atoms with Crippen molar-refractivity contribution in [3.05, 3.63) is 77.6 Å². The van der Waals surface area contributed by atoms with Gasteiger partial charge in [-0.25, -0.2) is 14.0 Å². The third-order valence-corrected chi connectivity index (χ3v) is 17.3. The van der Waals surface area contributed by atoms with E-state index in [1.54, 1.807) is 46.6 Å². The van der Waals surface area contributed by atoms with Gasteiger partial charge in [0.25, 0.3) is 11.8 Å². The number of hydrogen-bond acceptors (Lipinski definition) is 16. The summed E-state index contributed by atoms with van der Waals surface area (Å²) in [7, 11) is 5.67. The second kappa shape index (κ2) is 38.9. The number of primary amides is 1. The molecule has 1 saturated heterocycles. The first-order chi connectivity index (χ1) is 44.6. The lowest BCUT2D eigenvalue weighted by atomic mass is 9.89. The fraction of sp³-hybridized carbons (Fsp3) is 0.621. The van der Waals surface area contributed by atoms with Crippen molar-refractivity contribution in [1.82, 2.24) is 46.2 Å². The molecule has 522 valence electrons. The zero-order chi connectivity index (χ0) is 69.9. The molecule has 11 atom stereocenters. The summed E-state index contributed by atoms with van der Waals surface area (Å²) in [5.74, 6) is -7.60. The summed E-state index contributed by atoms with van der Waals surface area (Å²) < 4.78 is 33.1. The first kappa shape index (κ1) is 78.4. The number of aliphatic hydroxyl groups is 2. The van der Waals surface area contributed by atoms with E-state index in [1.807, 2.05) is 44.2 Å². The Kier molecular flexibility index (Phi) is 32.5. The maximum atomic E-state index is 15.7. The molecule has 2 aliphatic rings. The number of nitrogens with zero attached hydrogens (tertiary/aromatic N) is 4. The summed E-state index contributed by atoms with van der Waals surface area (Å²) in [4.78, 5) is 151. The summed E-state index contributed by atoms with van der Waals surface area (Å²) >= 11 is 0. The number of anilines is 1. The normalized spacial score (nSPS) is 17.0. The van der Waals surface area contributed by atoms with Crippen LogP contribution in [-0.4, -0.2) is 211 Å². The predicted octanol–water partition coefficient (Wildman–Crippen LogP) is 3.03. The molecule has 0 unspecified atom stereocenters. The number of unbranched alkanes of at least 4 members (excludes halogenated alkanes) is 2. The lowest BCUT2D eigenvalue weighted by Gasteiger charge is -2.41. The van der Waals surface area contributed by atoms with Crippen LogP contribution in [0.3, 0.4) is 0 Å². The highest BCUT2D eigenvalue weighted by atomic mass is 19.1. The summed E-state index contributed by atoms with van der Waals surface area (Å²) in [6.45, 7) is 11.2. The first-order valence-electron chi connectivity index (χ1n) is 32.3. The predicted molar refractivity (Wildman–Crippen MR) is 346 cm³/mol. The topological polar surface area (TPSA) is 367 Å². The molecule has 94 heavy (non-hydrogen) atoms. The van der Waals surface area contributed by atoms with Gasteiger partial charge in [0.2, 0.25) is 41.4 Å². The zero-order valence-electron chi connectivity index (χ0n) is 56.2. The van der Waals surface area contributed by atoms with Crippen LogP contribution in [0.2, 0.25) is 0 Å². The zero-order valence-corrected chi connectivity index (χ0v) is 56.2. The molecule has 2 aliphatic heterocycles. The molecule has 4 rings (SSSR count). The maximum Gasteiger partial charge on any atom is 0.410 e. The number of halogens is 1. The molecule has 27 nitrogen and oxygen atoms in total. The molecule has 0 spiro atoms. The fourth-order valence-electron chi connectivity index (χ4n) is 11.6. The molecule has 0 saturated carbocycles. The SMILES string of the molecule is CC[C@H](C)[C@@H]([C@@H](CC(=O)N1CCC[C@H]1[C@H](OC)[C@@H](C)C(=O)N[C@H](CO)Cc1ccccc1)OC)N(C)C(=O)[C@@H](NC(=O)[C@H](CO)N(C)C(=O)OCc1ccc(NC(=O)[C@H](CCCNC(N)=O)NC(=O)[C@@H](NC(=O)CCCCCN2C(=O)C=CC2=O)C(C)C)cc1F)C(C)C. The number of ether oxygens (including phenoxy) is 3. The number of imide groups is 1. The Labute approximate surface area is 550 Å². The lowest BCUT2D eigenvalue weighted by molar-refractivity contribution is -0.148. The highest BCUT2D eigenvalue weighted by Gasteiger charge is 2.44. The molecule has 28 heteroatoms. The Morgan fingerprint density at radius 1 is 0.766 bits per heavy atom. The molecule has 0 radical (unpaired) electrons. The number of benzene rings is 2. The van der Waals surface area contributed by atoms with E-state index in [9.17, 15) is 63.0 Å². The van der Waals surface area contributed by atoms with E-state index in [-0.39, 0.29) is 74.4 Å². The number of likely N-dealkylation sites (tertiary alicyclic amines) is 1. The van der Waals surface area contributed by atoms with Crippen molar-refractivity contribution in [2.75, 3.05) is 66.5 Å². The smallest absolute Gasteiger partial charge is 0.410 e. The van der Waals surface area contributed by atoms with Crippen LogP contribution in [0.4, 0.5) is 19.7 Å². The molecule has 0 bridgehead atoms. The number of likely N-dealkylation sites (N-methyl/N-ethyl adjacent to an activating group) is 2. The summed E-state index contributed by atoms with van der Waals surface area (Å²) in [6.07, 6.45) is 3.35. The number of nitrogens with two attached hydrogens (primary N) is 1. The number of methoxy groups -OCH3 is 2. The Morgan fingerprint density at radius 3 is 2.02 bits per heavy atom. The van der Waals surface area contributed by atoms with Crippen molar-refractivity contribution in [1.29, 1.82) is 0 Å². The molecular formula is C66H100FN11O16. The van der Waals surface area contributed by atoms with Gasteiger partial charge in [-0.1, -0.05) is 97.7 Å². The van der Waals surface area contributed by atoms with Crippen molar-refractivity contribution in [2.45, 2.75) is 180 Å². The third-order valence-electron chi connectivity index (χ3n) is 17.3. The summed E-state index contributed by atoms with van der Waals surface area (Å²) in [5.41, 5.74) is 5.94. The standard InChI is InChI=1S/C66H100FN11O16/c1-12-41(6)58(51(92-10)35-55(84)77-32-20-24-49(77)59(93-11)42(7)60(85)71-46(36-79)33-43-21-15-13-16-22-43)76(9)64(89)57(40(4)5)74-62(87)50(37-80)75(8)66(91)94-38-44-26-27-45(34-47(44)67)70-61(86)48(23-19-30-69-65(68)90)72-63(88)56(39(2)3)73-52(81)25-17-14-18-31-78-53(82)28-29-54(78)83/h13,15-16,21-22,26-29,34,39-42,46,48-51,56-59,79-80H,12,14,17-20,23-25,30-33,35-38H2,1-11H3,(H,70,86)(H,71,85)(H,72,88)(H,73,81)(H,74,87)(H3,68,69,90)/t41-,42+,46-,48-,49-,50-,51+,56-,57-,58-,59+/m0/s1. The van der Waals surface area contributed by atoms with E-state index in [4.69, 9.17) is 19.9 Å². The Morgan fingerprint density at radius 2 is 1.44 bits per heavy atom. The van der Waals surface area contributed by atoms with Crippen LogP contribution in [0, 0.1) is 29.5 Å². The van der Waals surface area contributed by atoms with Crippen molar-refractivity contribution in [2.24, 2.45) is 29.4 Å². The van der Waals surface area contributed by atoms with Gasteiger partial charge in [0.05, 0.1) is 55.9 Å². The van der Waals surface area contributed by atoms with Gasteiger partial charge >= 0.3 is 12.1 Å². The highest BCUT2D eigenvalue weighted by molar-refractivity contribution is 6.12. The van der Waals surface area contributed by atoms with Gasteiger partial charge in [0, 0.05) is 77.8 Å². The van der Waals surface area contributed by atoms with E-state index in [0.717, 1.165) is 21.4 Å². The summed E-state index contributed by atoms with van der Waals surface area (Å²) in [5, 5.41) is 36.6. The maximum absolute atomic E-state index is 15.7. The van der Waals surface area contributed by atoms with Crippen molar-refractivity contribution >= 4 is 71.0 Å². The van der Waals surface area contributed by atoms with Gasteiger partial charge in [0.1, 0.15) is 36.6 Å². The van der Waals surface area contributed by atoms with Crippen LogP contribution in [0.15, 0.2) is 60.7 Å². The second-order valence-electron chi connectivity index (χ2n) is 24.8. The van der Waals surface area contributed by atoms with Gasteiger partial charge in [-0.15, -0.1) is 0 Å². The van der Waals surface area contributed by atoms with Crippen LogP contribution < -0.4 is 37.6 Å². The number of aliphatic hydroxyl groups excluding tert-OH is 2. The molecule has 0 aromatic heterocycles. The van der Waals surface area contributed by atoms with E-state index >= 15 is 4.39 Å². The molecule has 2 heterocycles. The van der Waals surface area contributed by atoms with E-state index < -0.39 is 145 Å². The number of amides is 12. The fourth-order valence-corrected chi connectivity index (χ4v) is 11.6. The number of urea groups is 1. The number of carbonyl (C=O) groups excluding carboxylic acids is 11. The minimum Gasteiger partial charge on any atom is -0.444 e. The Balaban J connectivity index is 1.37. The van der Waals surface area contributed by atoms with Gasteiger partial charge in [-0.2, -0.15) is 0 Å². The number of hydrogen-bond donors (Lipinski definition) is 9. The van der Waals surface area contributed by atoms with Crippen molar-refractivity contribution in [3.8, 4) is 0 Å². The van der Waals surface area contributed by atoms with Gasteiger partial charge in [-0.05, 0) is 80.4 Å². The molecule has 2 aromatic carbocycles. The molecule has 10 N–H and O–H groups in total. The third kappa shape index (κ3) is 23.1. The minimum absolute atomic E-state index is 0.0267. The van der Waals surface area contributed by atoms with E-state index in [0.29, 0.717) is 51.5 Å². The quantitative estimate of drug-likeness (QED) is 0.0343. The molecule has 0 aliphatic carbocycles. The summed E-state index contributed by atoms with van der Waals surface area (Å²) in [6, 6.07) is 5.30. The van der Waals surface area contributed by atoms with Crippen LogP contribution >= 0.6 is 0 Å². The molecular weight excluding hydrogens is 1220 g/mol. The number of nitrogens with one attached hydrogen (secondary N) is 6. The second-order valence-corrected chi connectivity index (χ2v) is 24.8. The largest absolute Gasteiger partial charge is 0.444 e. The van der Waals surface area contributed by atoms with Gasteiger partial charge < -0.3 is 71.9 Å². The average molecular weight is 1320 g/mol. The Hall–Kier alpha value is -8.08. The minimum atomic E-state index is -1.60. The van der Waals surface area contributed by atoms with Crippen LogP contribution in [0.1, 0.15) is 124 Å². The van der Waals surface area contributed by atoms with Crippen LogP contribution in [0.25, 0.3) is 0 Å². The molecule has 12 amide bonds. The highest BCUT2D eigenvalue weighted by Crippen LogP contribution is 2.30. The average Bonchev–Trinajstić information content (AvgIpc) is 1.34. The number of rotatable bonds is 39. The van der Waals surface area contributed by atoms with E-state index in [2.05, 4.69) is 31.9 Å². The number of carbonyl (C=O) groups is 11. The van der Waals surface area contributed by atoms with Crippen LogP contribution in [-0.2, 0) is 70.4 Å². The van der Waals surface area contributed by atoms with Gasteiger partial charge in [-0.3, -0.25) is 53.0 Å². The monoisotopic (exact) mass is 1320 g/mol. The van der Waals surface area contributed by atoms with Crippen molar-refractivity contribution in [3.63, 3.8) is 0 Å². The lowest BCUT2D eigenvalue weighted by Crippen LogP contribution is -2.60. The van der Waals surface area contributed by atoms with Gasteiger partial charge in [0.15, 0.2) is 0 Å².